The molecule has 0 bridgehead atoms. The van der Waals surface area contributed by atoms with Gasteiger partial charge in [0.25, 0.3) is 5.91 Å². The van der Waals surface area contributed by atoms with Crippen LogP contribution < -0.4 is 14.6 Å². The number of hydrogen-bond acceptors (Lipinski definition) is 3. The maximum Gasteiger partial charge on any atom is 0.258 e. The van der Waals surface area contributed by atoms with Crippen LogP contribution in [-0.2, 0) is 18.4 Å². The molecule has 1 amide bonds. The molecule has 0 saturated heterocycles. The van der Waals surface area contributed by atoms with E-state index < -0.39 is 0 Å². The average molecular weight is 287 g/mol. The fourth-order valence-corrected chi connectivity index (χ4v) is 1.88. The molecule has 2 N–H and O–H groups in total. The predicted molar refractivity (Wildman–Crippen MR) is 77.8 cm³/mol. The van der Waals surface area contributed by atoms with E-state index in [1.54, 1.807) is 6.20 Å². The molecule has 0 saturated carbocycles. The van der Waals surface area contributed by atoms with Gasteiger partial charge in [0.2, 0.25) is 11.4 Å². The molecule has 0 aliphatic carbocycles. The van der Waals surface area contributed by atoms with Crippen LogP contribution in [0.3, 0.4) is 0 Å². The summed E-state index contributed by atoms with van der Waals surface area (Å²) < 4.78 is 7.23. The third kappa shape index (κ3) is 3.95. The number of pyridine rings is 1. The van der Waals surface area contributed by atoms with Gasteiger partial charge in [-0.3, -0.25) is 4.79 Å². The highest BCUT2D eigenvalue weighted by molar-refractivity contribution is 5.77. The van der Waals surface area contributed by atoms with Crippen molar-refractivity contribution in [2.45, 2.75) is 13.5 Å². The molecule has 21 heavy (non-hydrogen) atoms. The number of aryl methyl sites for hydroxylation is 1. The van der Waals surface area contributed by atoms with Crippen molar-refractivity contribution in [3.63, 3.8) is 0 Å². The zero-order valence-corrected chi connectivity index (χ0v) is 12.2. The first kappa shape index (κ1) is 14.8. The molecule has 1 aromatic heterocycles. The van der Waals surface area contributed by atoms with E-state index in [0.717, 1.165) is 11.3 Å². The molecule has 0 radical (unpaired) electrons. The minimum absolute atomic E-state index is 0.0291. The van der Waals surface area contributed by atoms with Crippen LogP contribution in [0.4, 0.5) is 0 Å². The van der Waals surface area contributed by atoms with E-state index in [1.807, 2.05) is 48.9 Å². The summed E-state index contributed by atoms with van der Waals surface area (Å²) in [5, 5.41) is 12.5. The lowest BCUT2D eigenvalue weighted by atomic mass is 10.2. The first-order valence-corrected chi connectivity index (χ1v) is 6.69. The number of carbonyl (C=O) groups is 1. The Kier molecular flexibility index (Phi) is 4.77. The fourth-order valence-electron chi connectivity index (χ4n) is 1.88. The molecule has 0 unspecified atom stereocenters. The Morgan fingerprint density at radius 1 is 1.29 bits per heavy atom. The van der Waals surface area contributed by atoms with Gasteiger partial charge >= 0.3 is 0 Å². The molecule has 0 atom stereocenters. The summed E-state index contributed by atoms with van der Waals surface area (Å²) in [4.78, 5) is 11.8. The number of ether oxygens (including phenoxy) is 1. The Morgan fingerprint density at radius 3 is 2.71 bits per heavy atom. The zero-order valence-electron chi connectivity index (χ0n) is 12.2. The summed E-state index contributed by atoms with van der Waals surface area (Å²) in [6.45, 7) is 2.14. The van der Waals surface area contributed by atoms with E-state index >= 15 is 0 Å². The molecule has 0 spiro atoms. The van der Waals surface area contributed by atoms with Crippen molar-refractivity contribution in [1.82, 2.24) is 5.32 Å². The monoisotopic (exact) mass is 287 g/mol. The number of aromatic hydroxyl groups is 1. The van der Waals surface area contributed by atoms with Gasteiger partial charge in [-0.1, -0.05) is 30.3 Å². The summed E-state index contributed by atoms with van der Waals surface area (Å²) in [5.41, 5.74) is 1.78. The minimum atomic E-state index is -0.232. The molecule has 0 aliphatic heterocycles. The molecule has 1 aromatic carbocycles. The predicted octanol–water partition coefficient (Wildman–Crippen LogP) is 1.22. The smallest absolute Gasteiger partial charge is 0.258 e. The number of nitrogens with one attached hydrogen (secondary N) is 1. The van der Waals surface area contributed by atoms with Gasteiger partial charge in [-0.2, -0.15) is 0 Å². The van der Waals surface area contributed by atoms with E-state index in [0.29, 0.717) is 12.3 Å². The van der Waals surface area contributed by atoms with Crippen LogP contribution in [0, 0.1) is 6.92 Å². The minimum Gasteiger partial charge on any atom is -0.504 e. The third-order valence-corrected chi connectivity index (χ3v) is 3.23. The number of rotatable bonds is 5. The SMILES string of the molecule is Cc1c(OCC(=O)NCc2ccccc2)c(O)cc[n+]1C. The van der Waals surface area contributed by atoms with Gasteiger partial charge in [0.1, 0.15) is 7.05 Å². The summed E-state index contributed by atoms with van der Waals surface area (Å²) in [6, 6.07) is 11.2. The Labute approximate surface area is 123 Å². The lowest BCUT2D eigenvalue weighted by Crippen LogP contribution is -2.33. The van der Waals surface area contributed by atoms with Gasteiger partial charge < -0.3 is 15.2 Å². The van der Waals surface area contributed by atoms with Gasteiger partial charge in [-0.25, -0.2) is 4.57 Å². The molecular weight excluding hydrogens is 268 g/mol. The molecule has 0 aliphatic rings. The van der Waals surface area contributed by atoms with Gasteiger partial charge in [0.15, 0.2) is 18.6 Å². The third-order valence-electron chi connectivity index (χ3n) is 3.23. The van der Waals surface area contributed by atoms with Gasteiger partial charge in [0.05, 0.1) is 0 Å². The Morgan fingerprint density at radius 2 is 2.00 bits per heavy atom. The van der Waals surface area contributed by atoms with E-state index in [1.165, 1.54) is 6.07 Å². The van der Waals surface area contributed by atoms with E-state index in [9.17, 15) is 9.90 Å². The topological polar surface area (TPSA) is 62.4 Å². The number of carbonyl (C=O) groups excluding carboxylic acids is 1. The van der Waals surface area contributed by atoms with Crippen molar-refractivity contribution in [1.29, 1.82) is 0 Å². The normalized spacial score (nSPS) is 10.2. The van der Waals surface area contributed by atoms with E-state index in [4.69, 9.17) is 4.74 Å². The Hall–Kier alpha value is -2.56. The highest BCUT2D eigenvalue weighted by Crippen LogP contribution is 2.26. The van der Waals surface area contributed by atoms with E-state index in [2.05, 4.69) is 5.32 Å². The van der Waals surface area contributed by atoms with Crippen LogP contribution >= 0.6 is 0 Å². The standard InChI is InChI=1S/C16H18N2O3/c1-12-16(14(19)8-9-18(12)2)21-11-15(20)17-10-13-6-4-3-5-7-13/h3-9H,10-11H2,1-2H3,(H,17,20)/p+1. The van der Waals surface area contributed by atoms with Crippen molar-refractivity contribution < 1.29 is 19.2 Å². The summed E-state index contributed by atoms with van der Waals surface area (Å²) in [7, 11) is 1.84. The summed E-state index contributed by atoms with van der Waals surface area (Å²) >= 11 is 0. The Bertz CT molecular complexity index is 627. The van der Waals surface area contributed by atoms with Crippen molar-refractivity contribution in [3.05, 3.63) is 53.9 Å². The van der Waals surface area contributed by atoms with Crippen LogP contribution in [0.5, 0.6) is 11.5 Å². The number of amides is 1. The molecule has 110 valence electrons. The van der Waals surface area contributed by atoms with Crippen molar-refractivity contribution in [2.24, 2.45) is 7.05 Å². The quantitative estimate of drug-likeness (QED) is 0.813. The maximum absolute atomic E-state index is 11.8. The van der Waals surface area contributed by atoms with Crippen molar-refractivity contribution >= 4 is 5.91 Å². The molecule has 1 heterocycles. The van der Waals surface area contributed by atoms with E-state index in [-0.39, 0.29) is 18.3 Å². The lowest BCUT2D eigenvalue weighted by molar-refractivity contribution is -0.678. The molecule has 2 aromatic rings. The van der Waals surface area contributed by atoms with Gasteiger partial charge in [-0.05, 0) is 5.56 Å². The highest BCUT2D eigenvalue weighted by atomic mass is 16.5. The number of nitrogens with zero attached hydrogens (tertiary/aromatic N) is 1. The van der Waals surface area contributed by atoms with Crippen molar-refractivity contribution in [2.75, 3.05) is 6.61 Å². The van der Waals surface area contributed by atoms with Gasteiger partial charge in [0, 0.05) is 19.5 Å². The second-order valence-electron chi connectivity index (χ2n) is 4.78. The molecule has 5 nitrogen and oxygen atoms in total. The van der Waals surface area contributed by atoms with Crippen LogP contribution in [0.15, 0.2) is 42.6 Å². The molecule has 2 rings (SSSR count). The van der Waals surface area contributed by atoms with Gasteiger partial charge in [-0.15, -0.1) is 0 Å². The first-order valence-electron chi connectivity index (χ1n) is 6.69. The molecule has 0 fully saturated rings. The van der Waals surface area contributed by atoms with Crippen molar-refractivity contribution in [3.8, 4) is 11.5 Å². The second-order valence-corrected chi connectivity index (χ2v) is 4.78. The summed E-state index contributed by atoms with van der Waals surface area (Å²) in [6.07, 6.45) is 1.73. The van der Waals surface area contributed by atoms with Crippen LogP contribution in [-0.4, -0.2) is 17.6 Å². The van der Waals surface area contributed by atoms with Crippen LogP contribution in [0.25, 0.3) is 0 Å². The largest absolute Gasteiger partial charge is 0.504 e. The molecule has 5 heteroatoms. The number of benzene rings is 1. The number of aromatic nitrogens is 1. The summed E-state index contributed by atoms with van der Waals surface area (Å²) in [5.74, 6) is 0.125. The Balaban J connectivity index is 1.89. The first-order chi connectivity index (χ1) is 10.1. The highest BCUT2D eigenvalue weighted by Gasteiger charge is 2.16. The van der Waals surface area contributed by atoms with Crippen LogP contribution in [0.1, 0.15) is 11.3 Å². The maximum atomic E-state index is 11.8. The second kappa shape index (κ2) is 6.74. The molecular formula is C16H19N2O3+. The fraction of sp³-hybridized carbons (Fsp3) is 0.250. The lowest BCUT2D eigenvalue weighted by Gasteiger charge is -2.09. The average Bonchev–Trinajstić information content (AvgIpc) is 2.50. The number of hydrogen-bond donors (Lipinski definition) is 2. The van der Waals surface area contributed by atoms with Crippen LogP contribution in [0.2, 0.25) is 0 Å². The zero-order chi connectivity index (χ0) is 15.2.